The first kappa shape index (κ1) is 20.4. The van der Waals surface area contributed by atoms with Gasteiger partial charge in [0.05, 0.1) is 10.4 Å². The predicted molar refractivity (Wildman–Crippen MR) is 89.8 cm³/mol. The van der Waals surface area contributed by atoms with Crippen LogP contribution in [0.2, 0.25) is 0 Å². The lowest BCUT2D eigenvalue weighted by atomic mass is 10.1. The smallest absolute Gasteiger partial charge is 0.408 e. The molecule has 0 unspecified atom stereocenters. The maximum absolute atomic E-state index is 13.3. The zero-order chi connectivity index (χ0) is 18.8. The Bertz CT molecular complexity index is 709. The fourth-order valence-corrected chi connectivity index (χ4v) is 3.06. The van der Waals surface area contributed by atoms with Crippen molar-refractivity contribution in [3.8, 4) is 0 Å². The van der Waals surface area contributed by atoms with Gasteiger partial charge in [0.25, 0.3) is 0 Å². The summed E-state index contributed by atoms with van der Waals surface area (Å²) < 4.78 is 45.4. The van der Waals surface area contributed by atoms with E-state index >= 15 is 0 Å². The van der Waals surface area contributed by atoms with E-state index in [2.05, 4.69) is 10.0 Å². The summed E-state index contributed by atoms with van der Waals surface area (Å²) in [6, 6.07) is 3.55. The van der Waals surface area contributed by atoms with Crippen LogP contribution >= 0.6 is 0 Å². The summed E-state index contributed by atoms with van der Waals surface area (Å²) >= 11 is 0. The number of amides is 1. The topological polar surface area (TPSA) is 84.5 Å². The number of benzene rings is 1. The predicted octanol–water partition coefficient (Wildman–Crippen LogP) is 2.72. The van der Waals surface area contributed by atoms with Gasteiger partial charge in [-0.2, -0.15) is 0 Å². The lowest BCUT2D eigenvalue weighted by Crippen LogP contribution is -2.52. The Morgan fingerprint density at radius 2 is 1.79 bits per heavy atom. The zero-order valence-electron chi connectivity index (χ0n) is 14.9. The van der Waals surface area contributed by atoms with E-state index in [1.54, 1.807) is 34.6 Å². The number of ether oxygens (including phenoxy) is 1. The van der Waals surface area contributed by atoms with Gasteiger partial charge in [0.1, 0.15) is 11.4 Å². The quantitative estimate of drug-likeness (QED) is 0.845. The first-order chi connectivity index (χ1) is 10.7. The number of aryl methyl sites for hydroxylation is 1. The molecule has 0 saturated heterocycles. The maximum Gasteiger partial charge on any atom is 0.408 e. The zero-order valence-corrected chi connectivity index (χ0v) is 15.7. The largest absolute Gasteiger partial charge is 0.444 e. The monoisotopic (exact) mass is 360 g/mol. The minimum atomic E-state index is -3.81. The third-order valence-electron chi connectivity index (χ3n) is 2.98. The van der Waals surface area contributed by atoms with Crippen molar-refractivity contribution in [2.75, 3.05) is 6.54 Å². The lowest BCUT2D eigenvalue weighted by molar-refractivity contribution is 0.0474. The van der Waals surface area contributed by atoms with E-state index in [1.807, 2.05) is 0 Å². The van der Waals surface area contributed by atoms with Crippen molar-refractivity contribution in [2.24, 2.45) is 0 Å². The number of alkyl carbamates (subject to hydrolysis) is 1. The fraction of sp³-hybridized carbons (Fsp3) is 0.562. The van der Waals surface area contributed by atoms with Crippen LogP contribution in [0, 0.1) is 12.7 Å². The summed E-state index contributed by atoms with van der Waals surface area (Å²) in [7, 11) is -3.81. The van der Waals surface area contributed by atoms with Gasteiger partial charge in [-0.25, -0.2) is 22.3 Å². The minimum absolute atomic E-state index is 0.0329. The second-order valence-electron chi connectivity index (χ2n) is 7.25. The Morgan fingerprint density at radius 1 is 1.21 bits per heavy atom. The van der Waals surface area contributed by atoms with Gasteiger partial charge < -0.3 is 10.1 Å². The van der Waals surface area contributed by atoms with Crippen molar-refractivity contribution in [3.05, 3.63) is 29.6 Å². The van der Waals surface area contributed by atoms with E-state index in [-0.39, 0.29) is 17.0 Å². The van der Waals surface area contributed by atoms with Gasteiger partial charge in [0.2, 0.25) is 10.0 Å². The van der Waals surface area contributed by atoms with Crippen LogP contribution < -0.4 is 10.0 Å². The normalized spacial score (nSPS) is 12.8. The van der Waals surface area contributed by atoms with Crippen molar-refractivity contribution in [1.29, 1.82) is 0 Å². The average molecular weight is 360 g/mol. The first-order valence-electron chi connectivity index (χ1n) is 7.49. The molecule has 1 rings (SSSR count). The van der Waals surface area contributed by atoms with Crippen molar-refractivity contribution < 1.29 is 22.3 Å². The maximum atomic E-state index is 13.3. The van der Waals surface area contributed by atoms with Crippen LogP contribution in [0.3, 0.4) is 0 Å². The molecule has 0 spiro atoms. The van der Waals surface area contributed by atoms with Gasteiger partial charge in [-0.1, -0.05) is 0 Å². The fourth-order valence-electron chi connectivity index (χ4n) is 1.77. The standard InChI is InChI=1S/C16H25FN2O4S/c1-11-9-12(7-8-13(11)17)24(21,22)18-10-16(5,6)19-14(20)23-15(2,3)4/h7-9,18H,10H2,1-6H3,(H,19,20). The number of sulfonamides is 1. The Hall–Kier alpha value is -1.67. The molecular formula is C16H25FN2O4S. The highest BCUT2D eigenvalue weighted by Gasteiger charge is 2.27. The van der Waals surface area contributed by atoms with E-state index < -0.39 is 33.1 Å². The van der Waals surface area contributed by atoms with Gasteiger partial charge in [-0.05, 0) is 65.3 Å². The molecule has 0 aliphatic heterocycles. The second-order valence-corrected chi connectivity index (χ2v) is 9.01. The third kappa shape index (κ3) is 6.45. The van der Waals surface area contributed by atoms with Gasteiger partial charge in [-0.3, -0.25) is 0 Å². The van der Waals surface area contributed by atoms with Crippen LogP contribution in [-0.2, 0) is 14.8 Å². The molecular weight excluding hydrogens is 335 g/mol. The summed E-state index contributed by atoms with van der Waals surface area (Å²) in [5, 5.41) is 2.61. The molecule has 1 aromatic rings. The molecule has 0 bridgehead atoms. The van der Waals surface area contributed by atoms with Crippen molar-refractivity contribution in [3.63, 3.8) is 0 Å². The Kier molecular flexibility index (Phi) is 6.00. The SMILES string of the molecule is Cc1cc(S(=O)(=O)NCC(C)(C)NC(=O)OC(C)(C)C)ccc1F. The summed E-state index contributed by atoms with van der Waals surface area (Å²) in [5.74, 6) is -0.471. The average Bonchev–Trinajstić information content (AvgIpc) is 2.37. The molecule has 0 fully saturated rings. The van der Waals surface area contributed by atoms with Gasteiger partial charge in [-0.15, -0.1) is 0 Å². The molecule has 136 valence electrons. The van der Waals surface area contributed by atoms with Crippen molar-refractivity contribution in [1.82, 2.24) is 10.0 Å². The van der Waals surface area contributed by atoms with E-state index in [9.17, 15) is 17.6 Å². The number of halogens is 1. The van der Waals surface area contributed by atoms with Gasteiger partial charge in [0, 0.05) is 6.54 Å². The van der Waals surface area contributed by atoms with Crippen LogP contribution in [-0.4, -0.2) is 32.2 Å². The molecule has 0 radical (unpaired) electrons. The first-order valence-corrected chi connectivity index (χ1v) is 8.97. The van der Waals surface area contributed by atoms with Gasteiger partial charge >= 0.3 is 6.09 Å². The number of hydrogen-bond donors (Lipinski definition) is 2. The number of rotatable bonds is 5. The van der Waals surface area contributed by atoms with E-state index in [1.165, 1.54) is 19.1 Å². The summed E-state index contributed by atoms with van der Waals surface area (Å²) in [6.07, 6.45) is -0.635. The molecule has 2 N–H and O–H groups in total. The number of nitrogens with one attached hydrogen (secondary N) is 2. The van der Waals surface area contributed by atoms with E-state index in [0.717, 1.165) is 6.07 Å². The Morgan fingerprint density at radius 3 is 2.29 bits per heavy atom. The van der Waals surface area contributed by atoms with E-state index in [0.29, 0.717) is 0 Å². The molecule has 6 nitrogen and oxygen atoms in total. The van der Waals surface area contributed by atoms with E-state index in [4.69, 9.17) is 4.74 Å². The molecule has 1 aromatic carbocycles. The highest BCUT2D eigenvalue weighted by molar-refractivity contribution is 7.89. The van der Waals surface area contributed by atoms with Crippen LogP contribution in [0.25, 0.3) is 0 Å². The molecule has 0 aliphatic carbocycles. The molecule has 8 heteroatoms. The van der Waals surface area contributed by atoms with Crippen LogP contribution in [0.4, 0.5) is 9.18 Å². The minimum Gasteiger partial charge on any atom is -0.444 e. The molecule has 0 heterocycles. The van der Waals surface area contributed by atoms with Crippen LogP contribution in [0.15, 0.2) is 23.1 Å². The number of carbonyl (C=O) groups is 1. The molecule has 0 aromatic heterocycles. The number of hydrogen-bond acceptors (Lipinski definition) is 4. The highest BCUT2D eigenvalue weighted by Crippen LogP contribution is 2.15. The van der Waals surface area contributed by atoms with Crippen LogP contribution in [0.5, 0.6) is 0 Å². The second kappa shape index (κ2) is 7.06. The van der Waals surface area contributed by atoms with Crippen molar-refractivity contribution in [2.45, 2.75) is 57.6 Å². The lowest BCUT2D eigenvalue weighted by Gasteiger charge is -2.28. The Labute approximate surface area is 142 Å². The van der Waals surface area contributed by atoms with Crippen molar-refractivity contribution >= 4 is 16.1 Å². The Balaban J connectivity index is 2.75. The third-order valence-corrected chi connectivity index (χ3v) is 4.38. The highest BCUT2D eigenvalue weighted by atomic mass is 32.2. The summed E-state index contributed by atoms with van der Waals surface area (Å²) in [4.78, 5) is 11.8. The van der Waals surface area contributed by atoms with Crippen LogP contribution in [0.1, 0.15) is 40.2 Å². The molecule has 0 saturated carbocycles. The van der Waals surface area contributed by atoms with Gasteiger partial charge in [0.15, 0.2) is 0 Å². The molecule has 24 heavy (non-hydrogen) atoms. The summed E-state index contributed by atoms with van der Waals surface area (Å²) in [6.45, 7) is 9.97. The molecule has 1 amide bonds. The summed E-state index contributed by atoms with van der Waals surface area (Å²) in [5.41, 5.74) is -1.28. The number of carbonyl (C=O) groups excluding carboxylic acids is 1. The molecule has 0 aliphatic rings. The molecule has 0 atom stereocenters.